The van der Waals surface area contributed by atoms with Gasteiger partial charge >= 0.3 is 5.97 Å². The van der Waals surface area contributed by atoms with Gasteiger partial charge in [0, 0.05) is 18.3 Å². The third kappa shape index (κ3) is 6.78. The number of aliphatic carboxylic acids is 1. The molecule has 0 aliphatic heterocycles. The first-order valence-electron chi connectivity index (χ1n) is 8.30. The largest absolute Gasteiger partial charge is 0.505 e. The quantitative estimate of drug-likeness (QED) is 0.578. The topological polar surface area (TPSA) is 99.5 Å². The minimum atomic E-state index is -1.02. The molecule has 6 nitrogen and oxygen atoms in total. The Kier molecular flexibility index (Phi) is 8.45. The number of carboxylic acids is 1. The number of allylic oxidation sites excluding steroid dienone is 8. The molecule has 0 saturated carbocycles. The lowest BCUT2D eigenvalue weighted by Gasteiger charge is -2.09. The molecule has 27 heavy (non-hydrogen) atoms. The predicted octanol–water partition coefficient (Wildman–Crippen LogP) is 3.64. The summed E-state index contributed by atoms with van der Waals surface area (Å²) in [4.78, 5) is 26.5. The summed E-state index contributed by atoms with van der Waals surface area (Å²) in [6, 6.07) is 1.42. The van der Waals surface area contributed by atoms with Gasteiger partial charge in [-0.25, -0.2) is 4.98 Å². The van der Waals surface area contributed by atoms with Gasteiger partial charge in [0.2, 0.25) is 0 Å². The Morgan fingerprint density at radius 2 is 2.00 bits per heavy atom. The van der Waals surface area contributed by atoms with Crippen LogP contribution in [0.15, 0.2) is 66.9 Å². The molecule has 3 N–H and O–H groups in total. The molecule has 142 valence electrons. The molecule has 0 unspecified atom stereocenters. The monoisotopic (exact) mass is 368 g/mol. The molecule has 0 fully saturated rings. The van der Waals surface area contributed by atoms with E-state index in [9.17, 15) is 14.7 Å². The van der Waals surface area contributed by atoms with Crippen molar-refractivity contribution in [2.24, 2.45) is 0 Å². The SMILES string of the molecule is C=C/C=C\C(/C=C(\C=C)c1cnc(C(=O)NCCC(=O)O)c(O)c1)=C(C)C. The van der Waals surface area contributed by atoms with Crippen LogP contribution in [0.25, 0.3) is 5.57 Å². The van der Waals surface area contributed by atoms with Gasteiger partial charge in [-0.15, -0.1) is 0 Å². The van der Waals surface area contributed by atoms with E-state index in [0.29, 0.717) is 5.56 Å². The zero-order valence-electron chi connectivity index (χ0n) is 15.5. The summed E-state index contributed by atoms with van der Waals surface area (Å²) in [5.41, 5.74) is 3.19. The van der Waals surface area contributed by atoms with E-state index in [-0.39, 0.29) is 24.4 Å². The third-order valence-corrected chi connectivity index (χ3v) is 3.56. The molecule has 0 spiro atoms. The average Bonchev–Trinajstić information content (AvgIpc) is 2.61. The Balaban J connectivity index is 3.12. The summed E-state index contributed by atoms with van der Waals surface area (Å²) in [6.45, 7) is 11.3. The average molecular weight is 368 g/mol. The van der Waals surface area contributed by atoms with Crippen molar-refractivity contribution < 1.29 is 19.8 Å². The summed E-state index contributed by atoms with van der Waals surface area (Å²) in [5, 5.41) is 21.2. The van der Waals surface area contributed by atoms with Crippen LogP contribution in [0.5, 0.6) is 5.75 Å². The zero-order valence-corrected chi connectivity index (χ0v) is 15.5. The summed E-state index contributed by atoms with van der Waals surface area (Å²) < 4.78 is 0. The Bertz CT molecular complexity index is 829. The summed E-state index contributed by atoms with van der Waals surface area (Å²) in [7, 11) is 0. The molecule has 6 heteroatoms. The molecular formula is C21H24N2O4. The van der Waals surface area contributed by atoms with E-state index < -0.39 is 11.9 Å². The highest BCUT2D eigenvalue weighted by Gasteiger charge is 2.14. The van der Waals surface area contributed by atoms with Gasteiger partial charge in [0.15, 0.2) is 5.69 Å². The van der Waals surface area contributed by atoms with Gasteiger partial charge in [-0.05, 0) is 37.1 Å². The minimum Gasteiger partial charge on any atom is -0.505 e. The zero-order chi connectivity index (χ0) is 20.4. The number of carbonyl (C=O) groups excluding carboxylic acids is 1. The number of hydrogen-bond acceptors (Lipinski definition) is 4. The van der Waals surface area contributed by atoms with Crippen molar-refractivity contribution in [3.63, 3.8) is 0 Å². The number of nitrogens with zero attached hydrogens (tertiary/aromatic N) is 1. The fourth-order valence-electron chi connectivity index (χ4n) is 2.11. The van der Waals surface area contributed by atoms with Crippen LogP contribution in [0.3, 0.4) is 0 Å². The maximum Gasteiger partial charge on any atom is 0.305 e. The van der Waals surface area contributed by atoms with Crippen LogP contribution >= 0.6 is 0 Å². The molecule has 1 aromatic heterocycles. The molecule has 0 radical (unpaired) electrons. The second-order valence-electron chi connectivity index (χ2n) is 5.85. The fraction of sp³-hybridized carbons (Fsp3) is 0.190. The maximum absolute atomic E-state index is 12.0. The van der Waals surface area contributed by atoms with E-state index in [0.717, 1.165) is 16.7 Å². The minimum absolute atomic E-state index is 0.0472. The van der Waals surface area contributed by atoms with Crippen LogP contribution in [-0.2, 0) is 4.79 Å². The molecule has 0 saturated heterocycles. The first-order chi connectivity index (χ1) is 12.8. The van der Waals surface area contributed by atoms with Crippen LogP contribution in [-0.4, -0.2) is 33.6 Å². The van der Waals surface area contributed by atoms with Crippen molar-refractivity contribution >= 4 is 17.4 Å². The van der Waals surface area contributed by atoms with Crippen molar-refractivity contribution in [2.45, 2.75) is 20.3 Å². The molecule has 1 amide bonds. The Labute approximate surface area is 159 Å². The number of pyridine rings is 1. The first kappa shape index (κ1) is 21.6. The van der Waals surface area contributed by atoms with Gasteiger partial charge in [-0.1, -0.05) is 43.0 Å². The van der Waals surface area contributed by atoms with Gasteiger partial charge in [-0.3, -0.25) is 9.59 Å². The molecule has 0 aliphatic rings. The lowest BCUT2D eigenvalue weighted by atomic mass is 10.0. The molecule has 0 bridgehead atoms. The predicted molar refractivity (Wildman–Crippen MR) is 106 cm³/mol. The Morgan fingerprint density at radius 3 is 2.52 bits per heavy atom. The number of hydrogen-bond donors (Lipinski definition) is 3. The van der Waals surface area contributed by atoms with Crippen LogP contribution < -0.4 is 5.32 Å². The van der Waals surface area contributed by atoms with Crippen LogP contribution in [0.1, 0.15) is 36.3 Å². The molecule has 1 heterocycles. The lowest BCUT2D eigenvalue weighted by molar-refractivity contribution is -0.136. The molecule has 0 aromatic carbocycles. The number of aromatic nitrogens is 1. The number of aromatic hydroxyl groups is 1. The van der Waals surface area contributed by atoms with Crippen molar-refractivity contribution in [1.29, 1.82) is 0 Å². The van der Waals surface area contributed by atoms with E-state index in [1.807, 2.05) is 32.1 Å². The van der Waals surface area contributed by atoms with Crippen molar-refractivity contribution in [3.05, 3.63) is 78.2 Å². The Hall–Kier alpha value is -3.41. The molecule has 1 aromatic rings. The van der Waals surface area contributed by atoms with E-state index in [1.165, 1.54) is 12.3 Å². The third-order valence-electron chi connectivity index (χ3n) is 3.56. The van der Waals surface area contributed by atoms with Gasteiger partial charge in [0.25, 0.3) is 5.91 Å². The number of nitrogens with one attached hydrogen (secondary N) is 1. The molecule has 1 rings (SSSR count). The second-order valence-corrected chi connectivity index (χ2v) is 5.85. The van der Waals surface area contributed by atoms with E-state index in [4.69, 9.17) is 5.11 Å². The highest BCUT2D eigenvalue weighted by atomic mass is 16.4. The number of carboxylic acid groups (broad SMARTS) is 1. The molecular weight excluding hydrogens is 344 g/mol. The fourth-order valence-corrected chi connectivity index (χ4v) is 2.11. The van der Waals surface area contributed by atoms with E-state index in [2.05, 4.69) is 23.5 Å². The second kappa shape index (κ2) is 10.6. The van der Waals surface area contributed by atoms with Gasteiger partial charge in [0.05, 0.1) is 6.42 Å². The highest BCUT2D eigenvalue weighted by Crippen LogP contribution is 2.24. The van der Waals surface area contributed by atoms with Gasteiger partial charge in [0.1, 0.15) is 5.75 Å². The standard InChI is InChI=1S/C21H24N2O4/c1-5-7-8-16(14(3)4)11-15(6-2)17-12-18(24)20(23-13-17)21(27)22-10-9-19(25)26/h5-8,11-13,24H,1-2,9-10H2,3-4H3,(H,22,27)(H,25,26)/b8-7-,15-11+. The van der Waals surface area contributed by atoms with Crippen LogP contribution in [0, 0.1) is 0 Å². The van der Waals surface area contributed by atoms with E-state index >= 15 is 0 Å². The van der Waals surface area contributed by atoms with Crippen LogP contribution in [0.4, 0.5) is 0 Å². The van der Waals surface area contributed by atoms with E-state index in [1.54, 1.807) is 12.2 Å². The normalized spacial score (nSPS) is 11.1. The summed E-state index contributed by atoms with van der Waals surface area (Å²) in [6.07, 6.45) is 10.2. The highest BCUT2D eigenvalue weighted by molar-refractivity contribution is 5.95. The Morgan fingerprint density at radius 1 is 1.30 bits per heavy atom. The molecule has 0 aliphatic carbocycles. The number of rotatable bonds is 9. The summed E-state index contributed by atoms with van der Waals surface area (Å²) >= 11 is 0. The van der Waals surface area contributed by atoms with Gasteiger partial charge in [-0.2, -0.15) is 0 Å². The lowest BCUT2D eigenvalue weighted by Crippen LogP contribution is -2.26. The maximum atomic E-state index is 12.0. The van der Waals surface area contributed by atoms with Crippen LogP contribution in [0.2, 0.25) is 0 Å². The van der Waals surface area contributed by atoms with Crippen molar-refractivity contribution in [3.8, 4) is 5.75 Å². The van der Waals surface area contributed by atoms with Crippen molar-refractivity contribution in [2.75, 3.05) is 6.54 Å². The summed E-state index contributed by atoms with van der Waals surface area (Å²) in [5.74, 6) is -1.96. The number of carbonyl (C=O) groups is 2. The first-order valence-corrected chi connectivity index (χ1v) is 8.30. The smallest absolute Gasteiger partial charge is 0.305 e. The molecule has 0 atom stereocenters. The van der Waals surface area contributed by atoms with Crippen molar-refractivity contribution in [1.82, 2.24) is 10.3 Å². The number of amides is 1. The van der Waals surface area contributed by atoms with Gasteiger partial charge < -0.3 is 15.5 Å².